The van der Waals surface area contributed by atoms with Crippen LogP contribution in [-0.4, -0.2) is 26.1 Å². The Morgan fingerprint density at radius 2 is 1.95 bits per heavy atom. The third-order valence-electron chi connectivity index (χ3n) is 3.95. The molecule has 1 aliphatic rings. The maximum Gasteiger partial charge on any atom is 0.240 e. The topological polar surface area (TPSA) is 41.6 Å². The minimum absolute atomic E-state index is 0.124. The molecule has 0 saturated carbocycles. The van der Waals surface area contributed by atoms with Gasteiger partial charge in [-0.15, -0.1) is 0 Å². The van der Waals surface area contributed by atoms with Gasteiger partial charge in [0.05, 0.1) is 13.7 Å². The fraction of sp³-hybridized carbons (Fsp3) is 0.278. The summed E-state index contributed by atoms with van der Waals surface area (Å²) in [5.74, 6) is 0.965. The van der Waals surface area contributed by atoms with E-state index in [1.54, 1.807) is 7.11 Å². The molecule has 1 aliphatic heterocycles. The van der Waals surface area contributed by atoms with Crippen molar-refractivity contribution in [2.75, 3.05) is 25.1 Å². The highest BCUT2D eigenvalue weighted by molar-refractivity contribution is 5.96. The van der Waals surface area contributed by atoms with E-state index in [0.29, 0.717) is 13.1 Å². The van der Waals surface area contributed by atoms with Crippen LogP contribution in [0.15, 0.2) is 48.5 Å². The van der Waals surface area contributed by atoms with E-state index in [1.807, 2.05) is 47.4 Å². The lowest BCUT2D eigenvalue weighted by Gasteiger charge is -2.17. The minimum Gasteiger partial charge on any atom is -0.497 e. The molecule has 0 fully saturated rings. The van der Waals surface area contributed by atoms with E-state index < -0.39 is 0 Å². The monoisotopic (exact) mass is 296 g/mol. The maximum absolute atomic E-state index is 12.3. The molecule has 0 aliphatic carbocycles. The SMILES string of the molecule is COc1ccc(CNCC(=O)N2CCc3ccccc32)cc1. The Balaban J connectivity index is 1.52. The summed E-state index contributed by atoms with van der Waals surface area (Å²) in [7, 11) is 1.65. The van der Waals surface area contributed by atoms with Gasteiger partial charge in [-0.3, -0.25) is 4.79 Å². The van der Waals surface area contributed by atoms with Crippen molar-refractivity contribution in [1.82, 2.24) is 5.32 Å². The number of fused-ring (bicyclic) bond motifs is 1. The molecule has 0 aromatic heterocycles. The van der Waals surface area contributed by atoms with Crippen LogP contribution in [0.5, 0.6) is 5.75 Å². The molecule has 0 spiro atoms. The average Bonchev–Trinajstić information content (AvgIpc) is 2.99. The van der Waals surface area contributed by atoms with E-state index >= 15 is 0 Å². The first kappa shape index (κ1) is 14.6. The fourth-order valence-corrected chi connectivity index (χ4v) is 2.75. The second-order valence-electron chi connectivity index (χ2n) is 5.38. The number of carbonyl (C=O) groups excluding carboxylic acids is 1. The lowest BCUT2D eigenvalue weighted by molar-refractivity contribution is -0.117. The first-order valence-corrected chi connectivity index (χ1v) is 7.50. The number of nitrogens with zero attached hydrogens (tertiary/aromatic N) is 1. The van der Waals surface area contributed by atoms with Gasteiger partial charge in [-0.2, -0.15) is 0 Å². The summed E-state index contributed by atoms with van der Waals surface area (Å²) in [6.07, 6.45) is 0.945. The Hall–Kier alpha value is -2.33. The Morgan fingerprint density at radius 1 is 1.18 bits per heavy atom. The zero-order valence-corrected chi connectivity index (χ0v) is 12.7. The molecular weight excluding hydrogens is 276 g/mol. The molecule has 4 heteroatoms. The molecule has 22 heavy (non-hydrogen) atoms. The lowest BCUT2D eigenvalue weighted by atomic mass is 10.2. The quantitative estimate of drug-likeness (QED) is 0.921. The van der Waals surface area contributed by atoms with Crippen molar-refractivity contribution in [1.29, 1.82) is 0 Å². The van der Waals surface area contributed by atoms with Gasteiger partial charge in [0.25, 0.3) is 0 Å². The van der Waals surface area contributed by atoms with Crippen LogP contribution in [0, 0.1) is 0 Å². The number of benzene rings is 2. The molecule has 0 atom stereocenters. The number of carbonyl (C=O) groups is 1. The highest BCUT2D eigenvalue weighted by Crippen LogP contribution is 2.27. The van der Waals surface area contributed by atoms with Gasteiger partial charge in [0, 0.05) is 18.8 Å². The molecular formula is C18H20N2O2. The van der Waals surface area contributed by atoms with Gasteiger partial charge in [0.1, 0.15) is 5.75 Å². The average molecular weight is 296 g/mol. The normalized spacial score (nSPS) is 13.0. The molecule has 0 unspecified atom stereocenters. The molecule has 2 aromatic carbocycles. The Morgan fingerprint density at radius 3 is 2.73 bits per heavy atom. The van der Waals surface area contributed by atoms with Gasteiger partial charge in [-0.1, -0.05) is 30.3 Å². The summed E-state index contributed by atoms with van der Waals surface area (Å²) in [4.78, 5) is 14.2. The van der Waals surface area contributed by atoms with Crippen LogP contribution in [0.25, 0.3) is 0 Å². The van der Waals surface area contributed by atoms with Crippen LogP contribution in [0.2, 0.25) is 0 Å². The first-order chi connectivity index (χ1) is 10.8. The van der Waals surface area contributed by atoms with Crippen molar-refractivity contribution >= 4 is 11.6 Å². The number of hydrogen-bond donors (Lipinski definition) is 1. The molecule has 2 aromatic rings. The Kier molecular flexibility index (Phi) is 4.39. The van der Waals surface area contributed by atoms with E-state index in [2.05, 4.69) is 11.4 Å². The number of ether oxygens (including phenoxy) is 1. The maximum atomic E-state index is 12.3. The van der Waals surface area contributed by atoms with Crippen molar-refractivity contribution < 1.29 is 9.53 Å². The van der Waals surface area contributed by atoms with Crippen LogP contribution >= 0.6 is 0 Å². The van der Waals surface area contributed by atoms with Crippen molar-refractivity contribution in [2.45, 2.75) is 13.0 Å². The molecule has 0 saturated heterocycles. The number of rotatable bonds is 5. The summed E-state index contributed by atoms with van der Waals surface area (Å²) in [5.41, 5.74) is 3.44. The molecule has 4 nitrogen and oxygen atoms in total. The van der Waals surface area contributed by atoms with Crippen LogP contribution < -0.4 is 15.0 Å². The Bertz CT molecular complexity index is 652. The van der Waals surface area contributed by atoms with E-state index in [-0.39, 0.29) is 5.91 Å². The number of hydrogen-bond acceptors (Lipinski definition) is 3. The Labute approximate surface area is 130 Å². The summed E-state index contributed by atoms with van der Waals surface area (Å²) in [5, 5.41) is 3.21. The highest BCUT2D eigenvalue weighted by Gasteiger charge is 2.23. The molecule has 3 rings (SSSR count). The van der Waals surface area contributed by atoms with Crippen LogP contribution in [0.1, 0.15) is 11.1 Å². The van der Waals surface area contributed by atoms with Gasteiger partial charge in [0.15, 0.2) is 0 Å². The van der Waals surface area contributed by atoms with Crippen LogP contribution in [0.3, 0.4) is 0 Å². The number of methoxy groups -OCH3 is 1. The second-order valence-corrected chi connectivity index (χ2v) is 5.38. The standard InChI is InChI=1S/C18H20N2O2/c1-22-16-8-6-14(7-9-16)12-19-13-18(21)20-11-10-15-4-2-3-5-17(15)20/h2-9,19H,10-13H2,1H3. The van der Waals surface area contributed by atoms with Gasteiger partial charge < -0.3 is 15.0 Å². The molecule has 114 valence electrons. The number of nitrogens with one attached hydrogen (secondary N) is 1. The van der Waals surface area contributed by atoms with Crippen molar-refractivity contribution in [3.8, 4) is 5.75 Å². The molecule has 1 N–H and O–H groups in total. The summed E-state index contributed by atoms with van der Waals surface area (Å²) >= 11 is 0. The summed E-state index contributed by atoms with van der Waals surface area (Å²) in [6, 6.07) is 16.0. The van der Waals surface area contributed by atoms with Crippen LogP contribution in [-0.2, 0) is 17.8 Å². The number of anilines is 1. The van der Waals surface area contributed by atoms with Gasteiger partial charge >= 0.3 is 0 Å². The zero-order valence-electron chi connectivity index (χ0n) is 12.7. The first-order valence-electron chi connectivity index (χ1n) is 7.50. The zero-order chi connectivity index (χ0) is 15.4. The highest BCUT2D eigenvalue weighted by atomic mass is 16.5. The number of amides is 1. The van der Waals surface area contributed by atoms with E-state index in [0.717, 1.165) is 30.0 Å². The molecule has 0 radical (unpaired) electrons. The number of para-hydroxylation sites is 1. The summed E-state index contributed by atoms with van der Waals surface area (Å²) < 4.78 is 5.13. The van der Waals surface area contributed by atoms with E-state index in [1.165, 1.54) is 5.56 Å². The second kappa shape index (κ2) is 6.62. The van der Waals surface area contributed by atoms with Crippen molar-refractivity contribution in [3.05, 3.63) is 59.7 Å². The van der Waals surface area contributed by atoms with Crippen molar-refractivity contribution in [3.63, 3.8) is 0 Å². The van der Waals surface area contributed by atoms with Gasteiger partial charge in [-0.25, -0.2) is 0 Å². The largest absolute Gasteiger partial charge is 0.497 e. The summed E-state index contributed by atoms with van der Waals surface area (Å²) in [6.45, 7) is 1.80. The minimum atomic E-state index is 0.124. The van der Waals surface area contributed by atoms with Crippen molar-refractivity contribution in [2.24, 2.45) is 0 Å². The molecule has 0 bridgehead atoms. The molecule has 1 heterocycles. The molecule has 1 amide bonds. The smallest absolute Gasteiger partial charge is 0.240 e. The predicted molar refractivity (Wildman–Crippen MR) is 87.2 cm³/mol. The lowest BCUT2D eigenvalue weighted by Crippen LogP contribution is -2.36. The van der Waals surface area contributed by atoms with Gasteiger partial charge in [0.2, 0.25) is 5.91 Å². The van der Waals surface area contributed by atoms with E-state index in [4.69, 9.17) is 4.74 Å². The third-order valence-corrected chi connectivity index (χ3v) is 3.95. The predicted octanol–water partition coefficient (Wildman–Crippen LogP) is 2.37. The fourth-order valence-electron chi connectivity index (χ4n) is 2.75. The van der Waals surface area contributed by atoms with E-state index in [9.17, 15) is 4.79 Å². The van der Waals surface area contributed by atoms with Crippen LogP contribution in [0.4, 0.5) is 5.69 Å². The van der Waals surface area contributed by atoms with Gasteiger partial charge in [-0.05, 0) is 35.7 Å². The third kappa shape index (κ3) is 3.12.